The van der Waals surface area contributed by atoms with Gasteiger partial charge in [0.25, 0.3) is 0 Å². The number of nitrogens with one attached hydrogen (secondary N) is 3. The number of para-hydroxylation sites is 1. The minimum absolute atomic E-state index is 0.216. The minimum Gasteiger partial charge on any atom is -0.325 e. The van der Waals surface area contributed by atoms with Gasteiger partial charge in [0.1, 0.15) is 11.1 Å². The molecule has 7 heteroatoms. The van der Waals surface area contributed by atoms with Crippen LogP contribution in [0.1, 0.15) is 10.8 Å². The van der Waals surface area contributed by atoms with E-state index in [1.807, 2.05) is 60.7 Å². The minimum atomic E-state index is -0.522. The summed E-state index contributed by atoms with van der Waals surface area (Å²) in [4.78, 5) is 26.2. The van der Waals surface area contributed by atoms with E-state index in [0.29, 0.717) is 17.1 Å². The number of hydrogen-bond acceptors (Lipinski definition) is 3. The molecule has 0 heterocycles. The van der Waals surface area contributed by atoms with Crippen molar-refractivity contribution in [1.29, 1.82) is 0 Å². The van der Waals surface area contributed by atoms with Crippen molar-refractivity contribution >= 4 is 40.8 Å². The lowest BCUT2D eigenvalue weighted by atomic mass is 10.1. The van der Waals surface area contributed by atoms with Gasteiger partial charge in [-0.3, -0.25) is 4.79 Å². The van der Waals surface area contributed by atoms with Crippen LogP contribution in [0, 0.1) is 5.82 Å². The van der Waals surface area contributed by atoms with Crippen LogP contribution in [0.5, 0.6) is 0 Å². The molecule has 4 aromatic carbocycles. The van der Waals surface area contributed by atoms with Crippen molar-refractivity contribution in [2.45, 2.75) is 10.1 Å². The Kier molecular flexibility index (Phi) is 7.57. The molecule has 170 valence electrons. The summed E-state index contributed by atoms with van der Waals surface area (Å²) in [6.45, 7) is 0. The van der Waals surface area contributed by atoms with Crippen LogP contribution < -0.4 is 16.0 Å². The summed E-state index contributed by atoms with van der Waals surface area (Å²) in [5, 5.41) is 7.90. The number of amides is 3. The average Bonchev–Trinajstić information content (AvgIpc) is 2.86. The molecule has 4 aromatic rings. The maximum Gasteiger partial charge on any atom is 0.323 e. The van der Waals surface area contributed by atoms with Gasteiger partial charge in [0, 0.05) is 22.0 Å². The van der Waals surface area contributed by atoms with Gasteiger partial charge < -0.3 is 16.0 Å². The largest absolute Gasteiger partial charge is 0.325 e. The van der Waals surface area contributed by atoms with Crippen molar-refractivity contribution in [3.05, 3.63) is 121 Å². The van der Waals surface area contributed by atoms with E-state index in [4.69, 9.17) is 0 Å². The van der Waals surface area contributed by atoms with Crippen LogP contribution in [-0.2, 0) is 4.79 Å². The number of carbonyl (C=O) groups is 2. The van der Waals surface area contributed by atoms with Gasteiger partial charge in [-0.25, -0.2) is 9.18 Å². The molecule has 0 aromatic heterocycles. The van der Waals surface area contributed by atoms with Gasteiger partial charge in [-0.2, -0.15) is 0 Å². The van der Waals surface area contributed by atoms with E-state index < -0.39 is 5.25 Å². The highest BCUT2D eigenvalue weighted by Gasteiger charge is 2.22. The highest BCUT2D eigenvalue weighted by atomic mass is 32.2. The Morgan fingerprint density at radius 2 is 1.12 bits per heavy atom. The fourth-order valence-corrected chi connectivity index (χ4v) is 4.23. The topological polar surface area (TPSA) is 70.2 Å². The predicted molar refractivity (Wildman–Crippen MR) is 136 cm³/mol. The first-order valence-electron chi connectivity index (χ1n) is 10.6. The second-order valence-corrected chi connectivity index (χ2v) is 8.55. The number of rotatable bonds is 7. The molecule has 3 amide bonds. The molecule has 1 unspecified atom stereocenters. The maximum atomic E-state index is 13.2. The van der Waals surface area contributed by atoms with Crippen molar-refractivity contribution in [2.75, 3.05) is 16.0 Å². The second kappa shape index (κ2) is 11.2. The number of anilines is 3. The van der Waals surface area contributed by atoms with Gasteiger partial charge in [0.15, 0.2) is 0 Å². The zero-order valence-electron chi connectivity index (χ0n) is 18.1. The van der Waals surface area contributed by atoms with Crippen LogP contribution in [0.15, 0.2) is 114 Å². The van der Waals surface area contributed by atoms with Gasteiger partial charge >= 0.3 is 6.03 Å². The zero-order valence-corrected chi connectivity index (χ0v) is 18.9. The van der Waals surface area contributed by atoms with Crippen molar-refractivity contribution in [3.8, 4) is 0 Å². The van der Waals surface area contributed by atoms with E-state index in [2.05, 4.69) is 16.0 Å². The number of hydrogen-bond donors (Lipinski definition) is 3. The number of benzene rings is 4. The lowest BCUT2D eigenvalue weighted by Crippen LogP contribution is -2.19. The fourth-order valence-electron chi connectivity index (χ4n) is 3.21. The standard InChI is InChI=1S/C27H22FN3O2S/c28-20-11-13-22(14-12-20)29-26(32)25(19-7-3-1-4-8-19)34-24-17-15-23(16-18-24)31-27(33)30-21-9-5-2-6-10-21/h1-18,25H,(H,29,32)(H2,30,31,33). The summed E-state index contributed by atoms with van der Waals surface area (Å²) in [7, 11) is 0. The van der Waals surface area contributed by atoms with Gasteiger partial charge in [-0.1, -0.05) is 48.5 Å². The molecule has 1 atom stereocenters. The van der Waals surface area contributed by atoms with Gasteiger partial charge in [-0.15, -0.1) is 11.8 Å². The summed E-state index contributed by atoms with van der Waals surface area (Å²) in [5.74, 6) is -0.578. The number of thioether (sulfide) groups is 1. The van der Waals surface area contributed by atoms with E-state index >= 15 is 0 Å². The number of carbonyl (C=O) groups excluding carboxylic acids is 2. The third-order valence-electron chi connectivity index (χ3n) is 4.85. The highest BCUT2D eigenvalue weighted by molar-refractivity contribution is 8.00. The Balaban J connectivity index is 1.44. The molecule has 0 aliphatic heterocycles. The van der Waals surface area contributed by atoms with E-state index in [1.165, 1.54) is 36.0 Å². The predicted octanol–water partition coefficient (Wildman–Crippen LogP) is 6.94. The van der Waals surface area contributed by atoms with Crippen LogP contribution in [0.3, 0.4) is 0 Å². The Bertz CT molecular complexity index is 1230. The molecule has 0 aliphatic carbocycles. The smallest absolute Gasteiger partial charge is 0.323 e. The second-order valence-electron chi connectivity index (χ2n) is 7.37. The summed E-state index contributed by atoms with van der Waals surface area (Å²) in [6.07, 6.45) is 0. The molecule has 0 spiro atoms. The molecular weight excluding hydrogens is 449 g/mol. The van der Waals surface area contributed by atoms with Crippen molar-refractivity contribution in [1.82, 2.24) is 0 Å². The Morgan fingerprint density at radius 1 is 0.618 bits per heavy atom. The molecule has 0 bridgehead atoms. The van der Waals surface area contributed by atoms with E-state index in [1.54, 1.807) is 24.3 Å². The van der Waals surface area contributed by atoms with Crippen molar-refractivity contribution < 1.29 is 14.0 Å². The molecule has 0 saturated carbocycles. The summed E-state index contributed by atoms with van der Waals surface area (Å²) >= 11 is 1.39. The van der Waals surface area contributed by atoms with Crippen LogP contribution in [0.2, 0.25) is 0 Å². The van der Waals surface area contributed by atoms with Crippen LogP contribution in [-0.4, -0.2) is 11.9 Å². The SMILES string of the molecule is O=C(Nc1ccccc1)Nc1ccc(SC(C(=O)Nc2ccc(F)cc2)c2ccccc2)cc1. The molecule has 0 radical (unpaired) electrons. The first-order valence-corrected chi connectivity index (χ1v) is 11.5. The summed E-state index contributed by atoms with van der Waals surface area (Å²) in [5.41, 5.74) is 2.70. The highest BCUT2D eigenvalue weighted by Crippen LogP contribution is 2.36. The molecule has 0 saturated heterocycles. The lowest BCUT2D eigenvalue weighted by molar-refractivity contribution is -0.115. The Labute approximate surface area is 201 Å². The van der Waals surface area contributed by atoms with Crippen LogP contribution in [0.25, 0.3) is 0 Å². The maximum absolute atomic E-state index is 13.2. The number of halogens is 1. The van der Waals surface area contributed by atoms with E-state index in [0.717, 1.165) is 10.5 Å². The van der Waals surface area contributed by atoms with E-state index in [-0.39, 0.29) is 17.8 Å². The monoisotopic (exact) mass is 471 g/mol. The average molecular weight is 472 g/mol. The molecule has 3 N–H and O–H groups in total. The van der Waals surface area contributed by atoms with Crippen molar-refractivity contribution in [2.24, 2.45) is 0 Å². The first kappa shape index (κ1) is 23.1. The number of urea groups is 1. The van der Waals surface area contributed by atoms with Crippen molar-refractivity contribution in [3.63, 3.8) is 0 Å². The van der Waals surface area contributed by atoms with E-state index in [9.17, 15) is 14.0 Å². The van der Waals surface area contributed by atoms with Gasteiger partial charge in [0.2, 0.25) is 5.91 Å². The van der Waals surface area contributed by atoms with Gasteiger partial charge in [-0.05, 0) is 66.2 Å². The molecule has 0 fully saturated rings. The Hall–Kier alpha value is -4.10. The quantitative estimate of drug-likeness (QED) is 0.256. The third kappa shape index (κ3) is 6.46. The van der Waals surface area contributed by atoms with Crippen LogP contribution >= 0.6 is 11.8 Å². The van der Waals surface area contributed by atoms with Crippen LogP contribution in [0.4, 0.5) is 26.2 Å². The molecule has 34 heavy (non-hydrogen) atoms. The van der Waals surface area contributed by atoms with Gasteiger partial charge in [0.05, 0.1) is 0 Å². The normalized spacial score (nSPS) is 11.3. The summed E-state index contributed by atoms with van der Waals surface area (Å²) < 4.78 is 13.2. The third-order valence-corrected chi connectivity index (χ3v) is 6.12. The Morgan fingerprint density at radius 3 is 1.74 bits per heavy atom. The zero-order chi connectivity index (χ0) is 23.8. The summed E-state index contributed by atoms with van der Waals surface area (Å²) in [6, 6.07) is 31.2. The fraction of sp³-hybridized carbons (Fsp3) is 0.0370. The molecule has 4 rings (SSSR count). The molecule has 0 aliphatic rings. The molecular formula is C27H22FN3O2S. The lowest BCUT2D eigenvalue weighted by Gasteiger charge is -2.17. The molecule has 5 nitrogen and oxygen atoms in total. The first-order chi connectivity index (χ1) is 16.6.